The van der Waals surface area contributed by atoms with Crippen LogP contribution < -0.4 is 10.9 Å². The fourth-order valence-electron chi connectivity index (χ4n) is 4.68. The highest BCUT2D eigenvalue weighted by molar-refractivity contribution is 8.02. The number of fused-ring (bicyclic) bond motifs is 1. The Morgan fingerprint density at radius 3 is 2.58 bits per heavy atom. The molecule has 1 saturated carbocycles. The highest BCUT2D eigenvalue weighted by Gasteiger charge is 2.38. The number of aromatic amines is 1. The van der Waals surface area contributed by atoms with E-state index in [9.17, 15) is 10.1 Å². The number of nitrogens with zero attached hydrogens (tertiary/aromatic N) is 2. The van der Waals surface area contributed by atoms with Crippen molar-refractivity contribution in [2.45, 2.75) is 42.8 Å². The second-order valence-corrected chi connectivity index (χ2v) is 9.03. The van der Waals surface area contributed by atoms with Crippen molar-refractivity contribution < 1.29 is 0 Å². The quantitative estimate of drug-likeness (QED) is 0.462. The summed E-state index contributed by atoms with van der Waals surface area (Å²) in [6.07, 6.45) is 5.90. The number of hydrogen-bond acceptors (Lipinski definition) is 5. The van der Waals surface area contributed by atoms with Crippen LogP contribution in [-0.2, 0) is 6.42 Å². The van der Waals surface area contributed by atoms with E-state index in [0.29, 0.717) is 10.9 Å². The maximum absolute atomic E-state index is 12.6. The van der Waals surface area contributed by atoms with Gasteiger partial charge in [-0.15, -0.1) is 0 Å². The van der Waals surface area contributed by atoms with E-state index in [1.165, 1.54) is 48.6 Å². The second kappa shape index (κ2) is 8.09. The number of hydrogen-bond donors (Lipinski definition) is 2. The molecule has 0 atom stereocenters. The van der Waals surface area contributed by atoms with Gasteiger partial charge in [0, 0.05) is 27.8 Å². The summed E-state index contributed by atoms with van der Waals surface area (Å²) in [6.45, 7) is 0. The molecule has 2 aromatic carbocycles. The monoisotopic (exact) mass is 426 g/mol. The smallest absolute Gasteiger partial charge is 0.270 e. The predicted molar refractivity (Wildman–Crippen MR) is 123 cm³/mol. The molecule has 1 aliphatic heterocycles. The van der Waals surface area contributed by atoms with Gasteiger partial charge in [-0.1, -0.05) is 79.2 Å². The van der Waals surface area contributed by atoms with E-state index in [-0.39, 0.29) is 11.1 Å². The third-order valence-corrected chi connectivity index (χ3v) is 6.91. The van der Waals surface area contributed by atoms with Crippen LogP contribution in [0.3, 0.4) is 0 Å². The van der Waals surface area contributed by atoms with Crippen LogP contribution in [0.5, 0.6) is 0 Å². The predicted octanol–water partition coefficient (Wildman–Crippen LogP) is 4.86. The first-order valence-electron chi connectivity index (χ1n) is 10.5. The van der Waals surface area contributed by atoms with Crippen molar-refractivity contribution >= 4 is 17.5 Å². The van der Waals surface area contributed by atoms with E-state index in [0.717, 1.165) is 17.7 Å². The van der Waals surface area contributed by atoms with Crippen LogP contribution in [-0.4, -0.2) is 15.5 Å². The van der Waals surface area contributed by atoms with Gasteiger partial charge in [-0.25, -0.2) is 4.98 Å². The summed E-state index contributed by atoms with van der Waals surface area (Å²) >= 11 is 1.37. The first kappa shape index (κ1) is 19.7. The second-order valence-electron chi connectivity index (χ2n) is 8.17. The molecule has 5 rings (SSSR count). The lowest BCUT2D eigenvalue weighted by atomic mass is 9.82. The number of benzene rings is 2. The van der Waals surface area contributed by atoms with E-state index in [4.69, 9.17) is 0 Å². The molecule has 5 nitrogen and oxygen atoms in total. The fraction of sp³-hybridized carbons (Fsp3) is 0.240. The summed E-state index contributed by atoms with van der Waals surface area (Å²) < 4.78 is 0. The van der Waals surface area contributed by atoms with Gasteiger partial charge < -0.3 is 10.3 Å². The largest absolute Gasteiger partial charge is 0.378 e. The van der Waals surface area contributed by atoms with Crippen LogP contribution in [0.1, 0.15) is 42.4 Å². The molecule has 3 aromatic rings. The summed E-state index contributed by atoms with van der Waals surface area (Å²) in [7, 11) is 0. The van der Waals surface area contributed by atoms with Crippen molar-refractivity contribution in [3.05, 3.63) is 87.0 Å². The maximum atomic E-state index is 12.6. The minimum Gasteiger partial charge on any atom is -0.378 e. The van der Waals surface area contributed by atoms with E-state index < -0.39 is 5.56 Å². The van der Waals surface area contributed by atoms with Crippen molar-refractivity contribution in [3.8, 4) is 17.3 Å². The Labute approximate surface area is 185 Å². The fourth-order valence-corrected chi connectivity index (χ4v) is 5.39. The highest BCUT2D eigenvalue weighted by atomic mass is 32.2. The molecule has 0 unspecified atom stereocenters. The lowest BCUT2D eigenvalue weighted by Crippen LogP contribution is -2.46. The first-order chi connectivity index (χ1) is 15.2. The summed E-state index contributed by atoms with van der Waals surface area (Å²) in [4.78, 5) is 19.9. The minimum atomic E-state index is -0.415. The van der Waals surface area contributed by atoms with Crippen LogP contribution >= 0.6 is 11.8 Å². The van der Waals surface area contributed by atoms with Crippen LogP contribution in [0.2, 0.25) is 0 Å². The van der Waals surface area contributed by atoms with E-state index >= 15 is 0 Å². The molecule has 2 N–H and O–H groups in total. The van der Waals surface area contributed by atoms with Gasteiger partial charge in [0.15, 0.2) is 5.16 Å². The zero-order valence-electron chi connectivity index (χ0n) is 17.0. The van der Waals surface area contributed by atoms with Crippen LogP contribution in [0.4, 0.5) is 0 Å². The topological polar surface area (TPSA) is 81.6 Å². The van der Waals surface area contributed by atoms with Crippen molar-refractivity contribution in [2.24, 2.45) is 0 Å². The van der Waals surface area contributed by atoms with Crippen molar-refractivity contribution in [3.63, 3.8) is 0 Å². The Morgan fingerprint density at radius 2 is 1.81 bits per heavy atom. The Kier molecular flexibility index (Phi) is 5.13. The van der Waals surface area contributed by atoms with Gasteiger partial charge in [0.2, 0.25) is 0 Å². The zero-order chi connectivity index (χ0) is 21.3. The van der Waals surface area contributed by atoms with Crippen LogP contribution in [0.25, 0.3) is 17.0 Å². The summed E-state index contributed by atoms with van der Waals surface area (Å²) in [5.41, 5.74) is 4.55. The summed E-state index contributed by atoms with van der Waals surface area (Å²) in [6, 6.07) is 19.9. The zero-order valence-corrected chi connectivity index (χ0v) is 17.8. The molecule has 0 saturated heterocycles. The normalized spacial score (nSPS) is 17.8. The summed E-state index contributed by atoms with van der Waals surface area (Å²) in [5, 5.41) is 15.8. The molecular weight excluding hydrogens is 404 g/mol. The third-order valence-electron chi connectivity index (χ3n) is 6.14. The van der Waals surface area contributed by atoms with Gasteiger partial charge in [-0.05, 0) is 24.8 Å². The van der Waals surface area contributed by atoms with Crippen LogP contribution in [0, 0.1) is 11.3 Å². The van der Waals surface area contributed by atoms with Crippen molar-refractivity contribution in [1.29, 1.82) is 5.26 Å². The lowest BCUT2D eigenvalue weighted by Gasteiger charge is -2.38. The molecule has 1 fully saturated rings. The number of rotatable bonds is 3. The number of thioether (sulfide) groups is 1. The number of aromatic nitrogens is 2. The Balaban J connectivity index is 1.52. The Hall–Kier alpha value is -3.30. The highest BCUT2D eigenvalue weighted by Crippen LogP contribution is 2.40. The molecule has 0 radical (unpaired) electrons. The number of nitrogens with one attached hydrogen (secondary N) is 2. The van der Waals surface area contributed by atoms with E-state index in [2.05, 4.69) is 39.6 Å². The molecular formula is C25H22N4OS. The van der Waals surface area contributed by atoms with Gasteiger partial charge in [0.1, 0.15) is 11.6 Å². The SMILES string of the molecule is N#Cc1c(-c2ccccc2)nc(S/C=C2/NC3(CCCC3)Cc3ccccc32)[nH]c1=O. The average molecular weight is 427 g/mol. The standard InChI is InChI=1S/C25H22N4OS/c26-15-20-22(17-8-2-1-3-9-17)27-24(28-23(20)30)31-16-21-19-11-5-4-10-18(19)14-25(29-21)12-6-7-13-25/h1-5,8-11,16,29H,6-7,12-14H2,(H,27,28,30)/b21-16+. The maximum Gasteiger partial charge on any atom is 0.270 e. The van der Waals surface area contributed by atoms with Gasteiger partial charge in [-0.2, -0.15) is 5.26 Å². The average Bonchev–Trinajstić information content (AvgIpc) is 3.25. The molecule has 6 heteroatoms. The molecule has 1 aliphatic carbocycles. The molecule has 154 valence electrons. The van der Waals surface area contributed by atoms with Crippen molar-refractivity contribution in [2.75, 3.05) is 0 Å². The van der Waals surface area contributed by atoms with Gasteiger partial charge >= 0.3 is 0 Å². The van der Waals surface area contributed by atoms with Gasteiger partial charge in [0.05, 0.1) is 5.69 Å². The lowest BCUT2D eigenvalue weighted by molar-refractivity contribution is 0.370. The molecule has 0 bridgehead atoms. The molecule has 2 heterocycles. The van der Waals surface area contributed by atoms with E-state index in [1.54, 1.807) is 0 Å². The molecule has 1 spiro atoms. The third kappa shape index (κ3) is 3.77. The van der Waals surface area contributed by atoms with E-state index in [1.807, 2.05) is 41.8 Å². The minimum absolute atomic E-state index is 0.0363. The van der Waals surface area contributed by atoms with Crippen LogP contribution in [0.15, 0.2) is 70.0 Å². The molecule has 0 amide bonds. The van der Waals surface area contributed by atoms with Gasteiger partial charge in [-0.3, -0.25) is 4.79 Å². The first-order valence-corrected chi connectivity index (χ1v) is 11.4. The number of H-pyrrole nitrogens is 1. The number of nitriles is 1. The Bertz CT molecular complexity index is 1250. The summed E-state index contributed by atoms with van der Waals surface area (Å²) in [5.74, 6) is 0. The molecule has 1 aromatic heterocycles. The Morgan fingerprint density at radius 1 is 1.06 bits per heavy atom. The van der Waals surface area contributed by atoms with Gasteiger partial charge in [0.25, 0.3) is 5.56 Å². The van der Waals surface area contributed by atoms with Crippen molar-refractivity contribution in [1.82, 2.24) is 15.3 Å². The molecule has 31 heavy (non-hydrogen) atoms. The molecule has 2 aliphatic rings.